The zero-order valence-corrected chi connectivity index (χ0v) is 15.3. The fraction of sp³-hybridized carbons (Fsp3) is 0.238. The van der Waals surface area contributed by atoms with Crippen molar-refractivity contribution in [1.82, 2.24) is 9.78 Å². The lowest BCUT2D eigenvalue weighted by Gasteiger charge is -2.12. The summed E-state index contributed by atoms with van der Waals surface area (Å²) in [5.41, 5.74) is 11.7. The molecule has 26 heavy (non-hydrogen) atoms. The Balaban J connectivity index is 2.17. The number of carbonyl (C=O) groups excluding carboxylic acids is 1. The van der Waals surface area contributed by atoms with Crippen molar-refractivity contribution in [2.24, 2.45) is 0 Å². The molecule has 1 aromatic heterocycles. The van der Waals surface area contributed by atoms with Crippen molar-refractivity contribution >= 4 is 11.7 Å². The van der Waals surface area contributed by atoms with E-state index in [4.69, 9.17) is 10.5 Å². The summed E-state index contributed by atoms with van der Waals surface area (Å²) in [5, 5.41) is 4.63. The average Bonchev–Trinajstić information content (AvgIpc) is 2.93. The van der Waals surface area contributed by atoms with Crippen molar-refractivity contribution in [2.45, 2.75) is 27.2 Å². The number of para-hydroxylation sites is 1. The molecule has 0 fully saturated rings. The van der Waals surface area contributed by atoms with Gasteiger partial charge < -0.3 is 10.5 Å². The monoisotopic (exact) mass is 349 g/mol. The summed E-state index contributed by atoms with van der Waals surface area (Å²) in [5.74, 6) is -0.353. The minimum atomic E-state index is -0.353. The summed E-state index contributed by atoms with van der Waals surface area (Å²) in [7, 11) is 0. The molecule has 5 heteroatoms. The van der Waals surface area contributed by atoms with Gasteiger partial charge in [-0.05, 0) is 50.1 Å². The topological polar surface area (TPSA) is 70.1 Å². The lowest BCUT2D eigenvalue weighted by molar-refractivity contribution is 0.0524. The first-order valence-electron chi connectivity index (χ1n) is 8.67. The normalized spacial score (nSPS) is 10.7. The Labute approximate surface area is 153 Å². The molecule has 134 valence electrons. The summed E-state index contributed by atoms with van der Waals surface area (Å²) in [6.45, 7) is 5.98. The van der Waals surface area contributed by atoms with E-state index in [-0.39, 0.29) is 5.97 Å². The molecule has 0 atom stereocenters. The number of nitrogens with zero attached hydrogens (tertiary/aromatic N) is 2. The maximum absolute atomic E-state index is 12.6. The van der Waals surface area contributed by atoms with Gasteiger partial charge in [0.1, 0.15) is 5.56 Å². The van der Waals surface area contributed by atoms with Gasteiger partial charge in [-0.1, -0.05) is 30.3 Å². The van der Waals surface area contributed by atoms with Crippen LogP contribution >= 0.6 is 0 Å². The Morgan fingerprint density at radius 3 is 2.62 bits per heavy atom. The van der Waals surface area contributed by atoms with E-state index in [1.807, 2.05) is 67.1 Å². The van der Waals surface area contributed by atoms with E-state index in [9.17, 15) is 4.79 Å². The molecule has 0 aliphatic rings. The molecule has 3 rings (SSSR count). The number of nitrogens with two attached hydrogens (primary N) is 1. The molecule has 0 unspecified atom stereocenters. The van der Waals surface area contributed by atoms with E-state index in [0.29, 0.717) is 30.0 Å². The molecule has 2 N–H and O–H groups in total. The predicted octanol–water partition coefficient (Wildman–Crippen LogP) is 3.84. The van der Waals surface area contributed by atoms with Crippen LogP contribution in [0.2, 0.25) is 0 Å². The quantitative estimate of drug-likeness (QED) is 0.561. The molecule has 0 bridgehead atoms. The van der Waals surface area contributed by atoms with Crippen LogP contribution in [0.1, 0.15) is 39.8 Å². The zero-order valence-electron chi connectivity index (χ0n) is 15.3. The van der Waals surface area contributed by atoms with Crippen molar-refractivity contribution in [2.75, 3.05) is 12.3 Å². The number of nitrogen functional groups attached to an aromatic ring is 1. The van der Waals surface area contributed by atoms with Gasteiger partial charge in [0.05, 0.1) is 23.7 Å². The van der Waals surface area contributed by atoms with Crippen LogP contribution in [-0.4, -0.2) is 22.4 Å². The molecule has 1 heterocycles. The smallest absolute Gasteiger partial charge is 0.341 e. The highest BCUT2D eigenvalue weighted by atomic mass is 16.5. The van der Waals surface area contributed by atoms with Gasteiger partial charge in [0.2, 0.25) is 0 Å². The van der Waals surface area contributed by atoms with Crippen molar-refractivity contribution in [3.8, 4) is 5.69 Å². The molecule has 3 aromatic rings. The molecule has 0 aliphatic heterocycles. The van der Waals surface area contributed by atoms with Gasteiger partial charge in [0, 0.05) is 12.1 Å². The van der Waals surface area contributed by atoms with Crippen molar-refractivity contribution in [3.05, 3.63) is 76.6 Å². The second-order valence-corrected chi connectivity index (χ2v) is 6.25. The van der Waals surface area contributed by atoms with Gasteiger partial charge in [-0.15, -0.1) is 0 Å². The third-order valence-corrected chi connectivity index (χ3v) is 4.29. The van der Waals surface area contributed by atoms with E-state index in [1.54, 1.807) is 6.92 Å². The van der Waals surface area contributed by atoms with Gasteiger partial charge in [0.25, 0.3) is 0 Å². The van der Waals surface area contributed by atoms with Gasteiger partial charge in [-0.2, -0.15) is 5.10 Å². The first-order chi connectivity index (χ1) is 12.5. The van der Waals surface area contributed by atoms with Crippen LogP contribution in [0.3, 0.4) is 0 Å². The van der Waals surface area contributed by atoms with E-state index < -0.39 is 0 Å². The van der Waals surface area contributed by atoms with Crippen LogP contribution in [-0.2, 0) is 11.2 Å². The number of carbonyl (C=O) groups is 1. The molecule has 0 amide bonds. The second kappa shape index (κ2) is 7.44. The van der Waals surface area contributed by atoms with Crippen LogP contribution in [0.5, 0.6) is 0 Å². The molecule has 2 aromatic carbocycles. The predicted molar refractivity (Wildman–Crippen MR) is 103 cm³/mol. The number of rotatable bonds is 5. The minimum absolute atomic E-state index is 0.320. The number of aryl methyl sites for hydroxylation is 2. The Morgan fingerprint density at radius 1 is 1.15 bits per heavy atom. The standard InChI is InChI=1S/C21H23N3O2/c1-4-26-21(25)20-15(3)23-24(17-10-7-8-14(2)12-17)19(20)13-16-9-5-6-11-18(16)22/h5-12H,4,13,22H2,1-3H3. The fourth-order valence-corrected chi connectivity index (χ4v) is 3.06. The third-order valence-electron chi connectivity index (χ3n) is 4.29. The molecule has 0 saturated carbocycles. The van der Waals surface area contributed by atoms with Crippen LogP contribution in [0, 0.1) is 13.8 Å². The van der Waals surface area contributed by atoms with E-state index in [1.165, 1.54) is 0 Å². The maximum atomic E-state index is 12.6. The minimum Gasteiger partial charge on any atom is -0.462 e. The number of aromatic nitrogens is 2. The fourth-order valence-electron chi connectivity index (χ4n) is 3.06. The second-order valence-electron chi connectivity index (χ2n) is 6.25. The molecule has 0 saturated heterocycles. The van der Waals surface area contributed by atoms with Crippen LogP contribution in [0.25, 0.3) is 5.69 Å². The van der Waals surface area contributed by atoms with Gasteiger partial charge in [0.15, 0.2) is 0 Å². The van der Waals surface area contributed by atoms with E-state index in [0.717, 1.165) is 22.5 Å². The molecular formula is C21H23N3O2. The molecule has 0 spiro atoms. The Bertz CT molecular complexity index is 944. The molecule has 0 aliphatic carbocycles. The number of anilines is 1. The highest BCUT2D eigenvalue weighted by Gasteiger charge is 2.24. The summed E-state index contributed by atoms with van der Waals surface area (Å²) in [6, 6.07) is 15.7. The summed E-state index contributed by atoms with van der Waals surface area (Å²) in [4.78, 5) is 12.6. The molecule has 5 nitrogen and oxygen atoms in total. The average molecular weight is 349 g/mol. The summed E-state index contributed by atoms with van der Waals surface area (Å²) in [6.07, 6.45) is 0.496. The number of ether oxygens (including phenoxy) is 1. The van der Waals surface area contributed by atoms with E-state index in [2.05, 4.69) is 5.10 Å². The summed E-state index contributed by atoms with van der Waals surface area (Å²) < 4.78 is 7.09. The Hall–Kier alpha value is -3.08. The number of hydrogen-bond acceptors (Lipinski definition) is 4. The van der Waals surface area contributed by atoms with Crippen molar-refractivity contribution in [1.29, 1.82) is 0 Å². The number of esters is 1. The Kier molecular flexibility index (Phi) is 5.07. The third kappa shape index (κ3) is 3.47. The highest BCUT2D eigenvalue weighted by molar-refractivity contribution is 5.92. The largest absolute Gasteiger partial charge is 0.462 e. The highest BCUT2D eigenvalue weighted by Crippen LogP contribution is 2.25. The summed E-state index contributed by atoms with van der Waals surface area (Å²) >= 11 is 0. The molecular weight excluding hydrogens is 326 g/mol. The van der Waals surface area contributed by atoms with E-state index >= 15 is 0 Å². The van der Waals surface area contributed by atoms with Crippen LogP contribution in [0.15, 0.2) is 48.5 Å². The SMILES string of the molecule is CCOC(=O)c1c(C)nn(-c2cccc(C)c2)c1Cc1ccccc1N. The number of benzene rings is 2. The zero-order chi connectivity index (χ0) is 18.7. The number of hydrogen-bond donors (Lipinski definition) is 1. The van der Waals surface area contributed by atoms with Crippen molar-refractivity contribution < 1.29 is 9.53 Å². The maximum Gasteiger partial charge on any atom is 0.341 e. The first-order valence-corrected chi connectivity index (χ1v) is 8.67. The van der Waals surface area contributed by atoms with Crippen molar-refractivity contribution in [3.63, 3.8) is 0 Å². The van der Waals surface area contributed by atoms with Crippen LogP contribution in [0.4, 0.5) is 5.69 Å². The lowest BCUT2D eigenvalue weighted by atomic mass is 10.0. The first kappa shape index (κ1) is 17.7. The van der Waals surface area contributed by atoms with Gasteiger partial charge in [-0.25, -0.2) is 9.48 Å². The van der Waals surface area contributed by atoms with Gasteiger partial charge in [-0.3, -0.25) is 0 Å². The lowest BCUT2D eigenvalue weighted by Crippen LogP contribution is -2.11. The van der Waals surface area contributed by atoms with Gasteiger partial charge >= 0.3 is 5.97 Å². The molecule has 0 radical (unpaired) electrons. The Morgan fingerprint density at radius 2 is 1.92 bits per heavy atom. The van der Waals surface area contributed by atoms with Crippen LogP contribution < -0.4 is 5.73 Å².